The first-order valence-electron chi connectivity index (χ1n) is 7.37. The molecule has 0 radical (unpaired) electrons. The maximum Gasteiger partial charge on any atom is 0.287 e. The lowest BCUT2D eigenvalue weighted by atomic mass is 9.99. The van der Waals surface area contributed by atoms with E-state index < -0.39 is 0 Å². The summed E-state index contributed by atoms with van der Waals surface area (Å²) in [5.74, 6) is 0.0753. The summed E-state index contributed by atoms with van der Waals surface area (Å²) in [7, 11) is 0. The maximum absolute atomic E-state index is 12.4. The van der Waals surface area contributed by atoms with Crippen molar-refractivity contribution in [3.8, 4) is 0 Å². The second kappa shape index (κ2) is 7.29. The number of rotatable bonds is 5. The molecule has 0 aliphatic rings. The molecule has 1 heterocycles. The van der Waals surface area contributed by atoms with E-state index >= 15 is 0 Å². The van der Waals surface area contributed by atoms with Gasteiger partial charge in [0.2, 0.25) is 0 Å². The van der Waals surface area contributed by atoms with Crippen molar-refractivity contribution in [1.29, 1.82) is 0 Å². The molecule has 0 saturated carbocycles. The number of carbonyl (C=O) groups excluding carboxylic acids is 1. The number of benzene rings is 2. The Morgan fingerprint density at radius 2 is 1.61 bits per heavy atom. The first-order valence-corrected chi connectivity index (χ1v) is 8.17. The van der Waals surface area contributed by atoms with Gasteiger partial charge in [-0.05, 0) is 45.6 Å². The van der Waals surface area contributed by atoms with Gasteiger partial charge < -0.3 is 9.73 Å². The van der Waals surface area contributed by atoms with E-state index in [0.29, 0.717) is 10.4 Å². The van der Waals surface area contributed by atoms with Gasteiger partial charge in [0.15, 0.2) is 10.4 Å². The SMILES string of the molecule is O=C(NC(Cc1ccccc1)c1ccccc1)c1ccc(Br)o1. The lowest BCUT2D eigenvalue weighted by Crippen LogP contribution is -2.29. The zero-order valence-electron chi connectivity index (χ0n) is 12.4. The van der Waals surface area contributed by atoms with Crippen LogP contribution in [0.25, 0.3) is 0 Å². The van der Waals surface area contributed by atoms with Crippen molar-refractivity contribution in [2.24, 2.45) is 0 Å². The average molecular weight is 370 g/mol. The monoisotopic (exact) mass is 369 g/mol. The second-order valence-electron chi connectivity index (χ2n) is 5.23. The summed E-state index contributed by atoms with van der Waals surface area (Å²) in [6.07, 6.45) is 0.721. The van der Waals surface area contributed by atoms with E-state index in [4.69, 9.17) is 4.42 Å². The van der Waals surface area contributed by atoms with Gasteiger partial charge in [0.05, 0.1) is 6.04 Å². The number of hydrogen-bond acceptors (Lipinski definition) is 2. The van der Waals surface area contributed by atoms with Gasteiger partial charge in [-0.2, -0.15) is 0 Å². The molecule has 1 amide bonds. The Hall–Kier alpha value is -2.33. The van der Waals surface area contributed by atoms with Crippen LogP contribution in [0.1, 0.15) is 27.7 Å². The lowest BCUT2D eigenvalue weighted by Gasteiger charge is -2.19. The first kappa shape index (κ1) is 15.6. The van der Waals surface area contributed by atoms with E-state index in [1.54, 1.807) is 12.1 Å². The predicted molar refractivity (Wildman–Crippen MR) is 93.2 cm³/mol. The number of nitrogens with one attached hydrogen (secondary N) is 1. The van der Waals surface area contributed by atoms with Gasteiger partial charge in [0.1, 0.15) is 0 Å². The third-order valence-electron chi connectivity index (χ3n) is 3.59. The topological polar surface area (TPSA) is 42.2 Å². The number of halogens is 1. The molecule has 116 valence electrons. The van der Waals surface area contributed by atoms with E-state index in [0.717, 1.165) is 12.0 Å². The molecule has 0 saturated heterocycles. The zero-order chi connectivity index (χ0) is 16.1. The molecule has 0 aliphatic carbocycles. The number of carbonyl (C=O) groups is 1. The van der Waals surface area contributed by atoms with Crippen LogP contribution in [0.5, 0.6) is 0 Å². The molecule has 4 heteroatoms. The molecule has 1 atom stereocenters. The fourth-order valence-corrected chi connectivity index (χ4v) is 2.76. The van der Waals surface area contributed by atoms with Crippen LogP contribution in [0, 0.1) is 0 Å². The maximum atomic E-state index is 12.4. The molecule has 0 fully saturated rings. The van der Waals surface area contributed by atoms with E-state index in [-0.39, 0.29) is 11.9 Å². The van der Waals surface area contributed by atoms with Crippen LogP contribution in [0.2, 0.25) is 0 Å². The number of furan rings is 1. The van der Waals surface area contributed by atoms with Gasteiger partial charge in [0, 0.05) is 0 Å². The molecule has 1 N–H and O–H groups in total. The van der Waals surface area contributed by atoms with Crippen LogP contribution >= 0.6 is 15.9 Å². The van der Waals surface area contributed by atoms with Crippen LogP contribution in [0.4, 0.5) is 0 Å². The second-order valence-corrected chi connectivity index (χ2v) is 6.01. The van der Waals surface area contributed by atoms with Crippen molar-refractivity contribution < 1.29 is 9.21 Å². The molecule has 3 rings (SSSR count). The summed E-state index contributed by atoms with van der Waals surface area (Å²) in [6, 6.07) is 23.3. The molecule has 0 bridgehead atoms. The minimum atomic E-state index is -0.222. The van der Waals surface area contributed by atoms with Crippen molar-refractivity contribution in [3.63, 3.8) is 0 Å². The van der Waals surface area contributed by atoms with Crippen LogP contribution in [-0.2, 0) is 6.42 Å². The van der Waals surface area contributed by atoms with Crippen LogP contribution < -0.4 is 5.32 Å². The Morgan fingerprint density at radius 1 is 0.957 bits per heavy atom. The molecule has 0 aliphatic heterocycles. The molecule has 0 spiro atoms. The summed E-state index contributed by atoms with van der Waals surface area (Å²) in [6.45, 7) is 0. The highest BCUT2D eigenvalue weighted by atomic mass is 79.9. The first-order chi connectivity index (χ1) is 11.2. The van der Waals surface area contributed by atoms with E-state index in [9.17, 15) is 4.79 Å². The van der Waals surface area contributed by atoms with Gasteiger partial charge in [-0.15, -0.1) is 0 Å². The molecule has 3 aromatic rings. The van der Waals surface area contributed by atoms with E-state index in [1.807, 2.05) is 48.5 Å². The van der Waals surface area contributed by atoms with Gasteiger partial charge in [0.25, 0.3) is 5.91 Å². The molecule has 3 nitrogen and oxygen atoms in total. The normalized spacial score (nSPS) is 11.9. The molecule has 1 unspecified atom stereocenters. The third kappa shape index (κ3) is 4.11. The summed E-state index contributed by atoms with van der Waals surface area (Å²) >= 11 is 3.22. The smallest absolute Gasteiger partial charge is 0.287 e. The van der Waals surface area contributed by atoms with Crippen LogP contribution in [-0.4, -0.2) is 5.91 Å². The predicted octanol–water partition coefficient (Wildman–Crippen LogP) is 4.76. The summed E-state index contributed by atoms with van der Waals surface area (Å²) in [5.41, 5.74) is 2.23. The zero-order valence-corrected chi connectivity index (χ0v) is 14.0. The van der Waals surface area contributed by atoms with Crippen LogP contribution in [0.15, 0.2) is 81.9 Å². The van der Waals surface area contributed by atoms with Crippen molar-refractivity contribution in [3.05, 3.63) is 94.4 Å². The summed E-state index contributed by atoms with van der Waals surface area (Å²) in [4.78, 5) is 12.4. The number of hydrogen-bond donors (Lipinski definition) is 1. The largest absolute Gasteiger partial charge is 0.444 e. The highest BCUT2D eigenvalue weighted by Crippen LogP contribution is 2.20. The van der Waals surface area contributed by atoms with Crippen molar-refractivity contribution in [2.45, 2.75) is 12.5 Å². The van der Waals surface area contributed by atoms with Gasteiger partial charge in [-0.1, -0.05) is 60.7 Å². The van der Waals surface area contributed by atoms with Crippen molar-refractivity contribution >= 4 is 21.8 Å². The highest BCUT2D eigenvalue weighted by Gasteiger charge is 2.18. The number of amides is 1. The van der Waals surface area contributed by atoms with E-state index in [1.165, 1.54) is 5.56 Å². The molecule has 23 heavy (non-hydrogen) atoms. The highest BCUT2D eigenvalue weighted by molar-refractivity contribution is 9.10. The van der Waals surface area contributed by atoms with Gasteiger partial charge in [-0.3, -0.25) is 4.79 Å². The van der Waals surface area contributed by atoms with Crippen molar-refractivity contribution in [1.82, 2.24) is 5.32 Å². The summed E-state index contributed by atoms with van der Waals surface area (Å²) < 4.78 is 5.88. The fraction of sp³-hybridized carbons (Fsp3) is 0.105. The van der Waals surface area contributed by atoms with E-state index in [2.05, 4.69) is 33.4 Å². The quantitative estimate of drug-likeness (QED) is 0.704. The Labute approximate surface area is 143 Å². The third-order valence-corrected chi connectivity index (χ3v) is 4.01. The van der Waals surface area contributed by atoms with Crippen molar-refractivity contribution in [2.75, 3.05) is 0 Å². The molecule has 2 aromatic carbocycles. The molecular weight excluding hydrogens is 354 g/mol. The fourth-order valence-electron chi connectivity index (χ4n) is 2.45. The lowest BCUT2D eigenvalue weighted by molar-refractivity contribution is 0.0907. The minimum Gasteiger partial charge on any atom is -0.444 e. The van der Waals surface area contributed by atoms with Gasteiger partial charge in [-0.25, -0.2) is 0 Å². The standard InChI is InChI=1S/C19H16BrNO2/c20-18-12-11-17(23-18)19(22)21-16(15-9-5-2-6-10-15)13-14-7-3-1-4-8-14/h1-12,16H,13H2,(H,21,22). The molecule has 1 aromatic heterocycles. The van der Waals surface area contributed by atoms with Gasteiger partial charge >= 0.3 is 0 Å². The Balaban J connectivity index is 1.82. The van der Waals surface area contributed by atoms with Crippen LogP contribution in [0.3, 0.4) is 0 Å². The Morgan fingerprint density at radius 3 is 2.22 bits per heavy atom. The average Bonchev–Trinajstić information content (AvgIpc) is 3.03. The minimum absolute atomic E-state index is 0.116. The Kier molecular flexibility index (Phi) is 4.93. The summed E-state index contributed by atoms with van der Waals surface area (Å²) in [5, 5.41) is 3.06. The molecular formula is C19H16BrNO2. The Bertz CT molecular complexity index is 768.